The van der Waals surface area contributed by atoms with E-state index >= 15 is 0 Å². The number of carbonyl (C=O) groups is 3. The molecule has 0 N–H and O–H groups in total. The van der Waals surface area contributed by atoms with Crippen molar-refractivity contribution in [3.8, 4) is 0 Å². The van der Waals surface area contributed by atoms with Crippen molar-refractivity contribution < 1.29 is 28.2 Å². The van der Waals surface area contributed by atoms with Crippen molar-refractivity contribution in [2.45, 2.75) is 6.54 Å². The molecule has 0 aliphatic rings. The Labute approximate surface area is 150 Å². The summed E-state index contributed by atoms with van der Waals surface area (Å²) in [5.74, 6) is -1.93. The number of esters is 2. The first-order valence-corrected chi connectivity index (χ1v) is 7.74. The van der Waals surface area contributed by atoms with Crippen molar-refractivity contribution >= 4 is 17.8 Å². The van der Waals surface area contributed by atoms with Crippen LogP contribution in [0.4, 0.5) is 4.39 Å². The van der Waals surface area contributed by atoms with Crippen LogP contribution in [-0.4, -0.2) is 43.5 Å². The topological polar surface area (TPSA) is 72.9 Å². The van der Waals surface area contributed by atoms with E-state index in [1.54, 1.807) is 19.2 Å². The number of ether oxygens (including phenoxy) is 2. The fraction of sp³-hybridized carbons (Fsp3) is 0.211. The zero-order valence-electron chi connectivity index (χ0n) is 14.4. The number of carbonyl (C=O) groups excluding carboxylic acids is 3. The van der Waals surface area contributed by atoms with Crippen molar-refractivity contribution in [3.05, 3.63) is 71.0 Å². The summed E-state index contributed by atoms with van der Waals surface area (Å²) in [6.45, 7) is -0.153. The van der Waals surface area contributed by atoms with Gasteiger partial charge in [-0.2, -0.15) is 0 Å². The number of amides is 1. The number of hydrogen-bond acceptors (Lipinski definition) is 5. The van der Waals surface area contributed by atoms with Gasteiger partial charge in [-0.1, -0.05) is 12.1 Å². The van der Waals surface area contributed by atoms with Gasteiger partial charge >= 0.3 is 11.9 Å². The third kappa shape index (κ3) is 5.14. The van der Waals surface area contributed by atoms with E-state index in [4.69, 9.17) is 4.74 Å². The van der Waals surface area contributed by atoms with Gasteiger partial charge in [-0.25, -0.2) is 14.0 Å². The second-order valence-electron chi connectivity index (χ2n) is 5.52. The molecule has 2 aromatic rings. The van der Waals surface area contributed by atoms with Gasteiger partial charge in [0.25, 0.3) is 5.91 Å². The van der Waals surface area contributed by atoms with Crippen LogP contribution in [0.15, 0.2) is 48.5 Å². The summed E-state index contributed by atoms with van der Waals surface area (Å²) in [5, 5.41) is 0. The molecule has 0 radical (unpaired) electrons. The first-order valence-electron chi connectivity index (χ1n) is 7.74. The lowest BCUT2D eigenvalue weighted by Crippen LogP contribution is -2.30. The minimum absolute atomic E-state index is 0.214. The van der Waals surface area contributed by atoms with E-state index in [1.165, 1.54) is 48.4 Å². The highest BCUT2D eigenvalue weighted by atomic mass is 19.1. The molecular formula is C19H18FNO5. The average molecular weight is 359 g/mol. The summed E-state index contributed by atoms with van der Waals surface area (Å²) in [7, 11) is 2.82. The average Bonchev–Trinajstić information content (AvgIpc) is 2.67. The van der Waals surface area contributed by atoms with Crippen LogP contribution < -0.4 is 0 Å². The van der Waals surface area contributed by atoms with Gasteiger partial charge in [-0.15, -0.1) is 0 Å². The molecule has 7 heteroatoms. The van der Waals surface area contributed by atoms with Crippen molar-refractivity contribution in [1.29, 1.82) is 0 Å². The number of methoxy groups -OCH3 is 1. The Bertz CT molecular complexity index is 787. The van der Waals surface area contributed by atoms with Crippen LogP contribution in [0.2, 0.25) is 0 Å². The highest BCUT2D eigenvalue weighted by molar-refractivity contribution is 5.94. The molecule has 0 saturated carbocycles. The molecule has 0 aromatic heterocycles. The lowest BCUT2D eigenvalue weighted by atomic mass is 10.1. The summed E-state index contributed by atoms with van der Waals surface area (Å²) >= 11 is 0. The van der Waals surface area contributed by atoms with Crippen molar-refractivity contribution in [2.24, 2.45) is 0 Å². The molecule has 2 rings (SSSR count). The molecule has 0 bridgehead atoms. The Morgan fingerprint density at radius 3 is 2.00 bits per heavy atom. The van der Waals surface area contributed by atoms with Gasteiger partial charge in [-0.05, 0) is 42.0 Å². The van der Waals surface area contributed by atoms with Gasteiger partial charge in [0.15, 0.2) is 6.61 Å². The van der Waals surface area contributed by atoms with Crippen LogP contribution >= 0.6 is 0 Å². The standard InChI is InChI=1S/C19H18FNO5/c1-21(11-13-3-9-16(20)10-4-13)17(22)12-26-19(24)15-7-5-14(6-8-15)18(23)25-2/h3-10H,11-12H2,1-2H3. The van der Waals surface area contributed by atoms with Gasteiger partial charge in [-0.3, -0.25) is 4.79 Å². The molecule has 0 heterocycles. The van der Waals surface area contributed by atoms with Gasteiger partial charge in [0.2, 0.25) is 0 Å². The maximum atomic E-state index is 12.9. The molecule has 0 atom stereocenters. The largest absolute Gasteiger partial charge is 0.465 e. The van der Waals surface area contributed by atoms with Crippen LogP contribution in [0.25, 0.3) is 0 Å². The number of likely N-dealkylation sites (N-methyl/N-ethyl adjacent to an activating group) is 1. The van der Waals surface area contributed by atoms with Gasteiger partial charge in [0.05, 0.1) is 18.2 Å². The zero-order chi connectivity index (χ0) is 19.1. The summed E-state index contributed by atoms with van der Waals surface area (Å²) < 4.78 is 22.4. The second-order valence-corrected chi connectivity index (χ2v) is 5.52. The molecule has 2 aromatic carbocycles. The molecule has 0 saturated heterocycles. The molecule has 0 fully saturated rings. The molecular weight excluding hydrogens is 341 g/mol. The third-order valence-corrected chi connectivity index (χ3v) is 3.63. The Kier molecular flexibility index (Phi) is 6.43. The first kappa shape index (κ1) is 19.1. The van der Waals surface area contributed by atoms with Crippen LogP contribution in [-0.2, 0) is 20.8 Å². The van der Waals surface area contributed by atoms with E-state index in [2.05, 4.69) is 4.74 Å². The van der Waals surface area contributed by atoms with Gasteiger partial charge in [0.1, 0.15) is 5.82 Å². The van der Waals surface area contributed by atoms with Crippen molar-refractivity contribution in [3.63, 3.8) is 0 Å². The highest BCUT2D eigenvalue weighted by Crippen LogP contribution is 2.08. The Morgan fingerprint density at radius 1 is 0.923 bits per heavy atom. The fourth-order valence-corrected chi connectivity index (χ4v) is 2.13. The maximum absolute atomic E-state index is 12.9. The second kappa shape index (κ2) is 8.75. The predicted molar refractivity (Wildman–Crippen MR) is 90.9 cm³/mol. The van der Waals surface area contributed by atoms with Crippen molar-refractivity contribution in [2.75, 3.05) is 20.8 Å². The molecule has 26 heavy (non-hydrogen) atoms. The fourth-order valence-electron chi connectivity index (χ4n) is 2.13. The molecule has 0 aliphatic heterocycles. The van der Waals surface area contributed by atoms with E-state index in [0.717, 1.165) is 5.56 Å². The van der Waals surface area contributed by atoms with E-state index in [1.807, 2.05) is 0 Å². The quantitative estimate of drug-likeness (QED) is 0.741. The van der Waals surface area contributed by atoms with E-state index in [0.29, 0.717) is 5.56 Å². The third-order valence-electron chi connectivity index (χ3n) is 3.63. The zero-order valence-corrected chi connectivity index (χ0v) is 14.4. The normalized spacial score (nSPS) is 10.1. The molecule has 1 amide bonds. The number of nitrogens with zero attached hydrogens (tertiary/aromatic N) is 1. The maximum Gasteiger partial charge on any atom is 0.338 e. The SMILES string of the molecule is COC(=O)c1ccc(C(=O)OCC(=O)N(C)Cc2ccc(F)cc2)cc1. The first-order chi connectivity index (χ1) is 12.4. The Balaban J connectivity index is 1.86. The molecule has 6 nitrogen and oxygen atoms in total. The van der Waals surface area contributed by atoms with E-state index in [-0.39, 0.29) is 17.9 Å². The predicted octanol–water partition coefficient (Wildman–Crippen LogP) is 2.43. The van der Waals surface area contributed by atoms with Crippen LogP contribution in [0.1, 0.15) is 26.3 Å². The number of halogens is 1. The number of hydrogen-bond donors (Lipinski definition) is 0. The highest BCUT2D eigenvalue weighted by Gasteiger charge is 2.14. The van der Waals surface area contributed by atoms with Gasteiger partial charge in [0, 0.05) is 13.6 Å². The lowest BCUT2D eigenvalue weighted by molar-refractivity contribution is -0.133. The van der Waals surface area contributed by atoms with Crippen LogP contribution in [0.5, 0.6) is 0 Å². The molecule has 136 valence electrons. The smallest absolute Gasteiger partial charge is 0.338 e. The minimum atomic E-state index is -0.676. The van der Waals surface area contributed by atoms with E-state index in [9.17, 15) is 18.8 Å². The Morgan fingerprint density at radius 2 is 1.46 bits per heavy atom. The monoisotopic (exact) mass is 359 g/mol. The van der Waals surface area contributed by atoms with Crippen molar-refractivity contribution in [1.82, 2.24) is 4.90 Å². The lowest BCUT2D eigenvalue weighted by Gasteiger charge is -2.17. The molecule has 0 spiro atoms. The summed E-state index contributed by atoms with van der Waals surface area (Å²) in [6.07, 6.45) is 0. The number of benzene rings is 2. The summed E-state index contributed by atoms with van der Waals surface area (Å²) in [5.41, 5.74) is 1.28. The van der Waals surface area contributed by atoms with Crippen LogP contribution in [0, 0.1) is 5.82 Å². The molecule has 0 unspecified atom stereocenters. The van der Waals surface area contributed by atoms with Gasteiger partial charge < -0.3 is 14.4 Å². The van der Waals surface area contributed by atoms with E-state index < -0.39 is 24.5 Å². The molecule has 0 aliphatic carbocycles. The Hall–Kier alpha value is -3.22. The minimum Gasteiger partial charge on any atom is -0.465 e. The summed E-state index contributed by atoms with van der Waals surface area (Å²) in [6, 6.07) is 11.5. The summed E-state index contributed by atoms with van der Waals surface area (Å²) in [4.78, 5) is 36.7. The van der Waals surface area contributed by atoms with Crippen LogP contribution in [0.3, 0.4) is 0 Å². The number of rotatable bonds is 6.